The number of carboxylic acids is 2. The van der Waals surface area contributed by atoms with E-state index < -0.39 is 51.5 Å². The van der Waals surface area contributed by atoms with Crippen LogP contribution in [0.3, 0.4) is 0 Å². The number of hydrogen-bond acceptors (Lipinski definition) is 4. The van der Waals surface area contributed by atoms with Gasteiger partial charge in [-0.2, -0.15) is 0 Å². The molecule has 0 fully saturated rings. The molecule has 0 aliphatic rings. The van der Waals surface area contributed by atoms with Crippen molar-refractivity contribution in [3.63, 3.8) is 0 Å². The molecular formula is C44H34O4Sn2. The van der Waals surface area contributed by atoms with Gasteiger partial charge in [0.15, 0.2) is 0 Å². The zero-order chi connectivity index (χ0) is 35.0. The molecule has 7 aromatic rings. The summed E-state index contributed by atoms with van der Waals surface area (Å²) in [7, 11) is 0. The van der Waals surface area contributed by atoms with Gasteiger partial charge in [-0.25, -0.2) is 0 Å². The summed E-state index contributed by atoms with van der Waals surface area (Å²) in [6, 6.07) is 70.5. The zero-order valence-electron chi connectivity index (χ0n) is 27.3. The average molecular weight is 864 g/mol. The van der Waals surface area contributed by atoms with E-state index in [1.807, 2.05) is 0 Å². The molecule has 0 radical (unpaired) electrons. The first kappa shape index (κ1) is 36.4. The van der Waals surface area contributed by atoms with Gasteiger partial charge >= 0.3 is 243 Å². The van der Waals surface area contributed by atoms with Crippen molar-refractivity contribution in [1.82, 2.24) is 0 Å². The van der Waals surface area contributed by atoms with Gasteiger partial charge in [0.2, 0.25) is 0 Å². The van der Waals surface area contributed by atoms with E-state index >= 15 is 0 Å². The second-order valence-electron chi connectivity index (χ2n) is 11.1. The number of rotatable bonds is 8. The summed E-state index contributed by atoms with van der Waals surface area (Å²) in [6.45, 7) is 0. The predicted molar refractivity (Wildman–Crippen MR) is 203 cm³/mol. The topological polar surface area (TPSA) is 80.3 Å². The van der Waals surface area contributed by atoms with Crippen molar-refractivity contribution in [3.05, 3.63) is 217 Å². The first-order chi connectivity index (χ1) is 24.5. The fourth-order valence-electron chi connectivity index (χ4n) is 5.37. The summed E-state index contributed by atoms with van der Waals surface area (Å²) in [4.78, 5) is 20.4. The Morgan fingerprint density at radius 3 is 0.580 bits per heavy atom. The monoisotopic (exact) mass is 866 g/mol. The van der Waals surface area contributed by atoms with Gasteiger partial charge in [0.05, 0.1) is 11.9 Å². The summed E-state index contributed by atoms with van der Waals surface area (Å²) < 4.78 is 9.18. The van der Waals surface area contributed by atoms with Crippen molar-refractivity contribution in [3.8, 4) is 0 Å². The van der Waals surface area contributed by atoms with Crippen LogP contribution in [0.5, 0.6) is 0 Å². The number of carbonyl (C=O) groups excluding carboxylic acids is 2. The van der Waals surface area contributed by atoms with Gasteiger partial charge < -0.3 is 19.8 Å². The Hall–Kier alpha value is -4.92. The van der Waals surface area contributed by atoms with Crippen LogP contribution in [0.2, 0.25) is 0 Å². The standard InChI is InChI=1S/C8H6O4.6C6H5.2Sn/c9-7(10)5-1-2-6(4-3-5)8(11)12;6*1-2-4-6-5-3-1;;/h1-4H,(H,9,10)(H,11,12);6*1-5H;;/q;;;;;;;2*+1/p-2. The van der Waals surface area contributed by atoms with Crippen LogP contribution in [0.4, 0.5) is 0 Å². The number of benzene rings is 7. The fourth-order valence-corrected chi connectivity index (χ4v) is 20.1. The first-order valence-electron chi connectivity index (χ1n) is 16.1. The van der Waals surface area contributed by atoms with E-state index in [-0.39, 0.29) is 11.1 Å². The molecule has 6 heteroatoms. The van der Waals surface area contributed by atoms with E-state index in [0.29, 0.717) is 0 Å². The predicted octanol–water partition coefficient (Wildman–Crippen LogP) is 2.82. The molecule has 4 nitrogen and oxygen atoms in total. The molecule has 50 heavy (non-hydrogen) atoms. The summed E-state index contributed by atoms with van der Waals surface area (Å²) >= 11 is -3.96. The normalized spacial score (nSPS) is 9.92. The van der Waals surface area contributed by atoms with Gasteiger partial charge in [-0.05, 0) is 11.1 Å². The molecule has 0 bridgehead atoms. The third-order valence-corrected chi connectivity index (χ3v) is 23.3. The maximum atomic E-state index is 10.2. The molecule has 0 spiro atoms. The van der Waals surface area contributed by atoms with Gasteiger partial charge in [-0.1, -0.05) is 24.3 Å². The van der Waals surface area contributed by atoms with Crippen LogP contribution < -0.4 is 31.7 Å². The maximum absolute atomic E-state index is 10.2. The van der Waals surface area contributed by atoms with E-state index in [1.165, 1.54) is 21.5 Å². The molecule has 0 aromatic heterocycles. The van der Waals surface area contributed by atoms with Crippen LogP contribution in [0.15, 0.2) is 206 Å². The van der Waals surface area contributed by atoms with Crippen LogP contribution in [0.25, 0.3) is 0 Å². The van der Waals surface area contributed by atoms with Crippen molar-refractivity contribution >= 4 is 72.9 Å². The second kappa shape index (κ2) is 19.3. The molecule has 0 atom stereocenters. The van der Waals surface area contributed by atoms with E-state index in [2.05, 4.69) is 182 Å². The zero-order valence-corrected chi connectivity index (χ0v) is 33.0. The molecule has 0 saturated heterocycles. The molecule has 0 unspecified atom stereocenters. The molecular weight excluding hydrogens is 830 g/mol. The van der Waals surface area contributed by atoms with Crippen molar-refractivity contribution in [1.29, 1.82) is 0 Å². The molecule has 0 heterocycles. The number of carbonyl (C=O) groups is 2. The summed E-state index contributed by atoms with van der Waals surface area (Å²) in [5.41, 5.74) is -0.111. The van der Waals surface area contributed by atoms with E-state index in [0.717, 1.165) is 24.3 Å². The fraction of sp³-hybridized carbons (Fsp3) is 0. The molecule has 7 aromatic carbocycles. The number of aromatic carboxylic acids is 2. The van der Waals surface area contributed by atoms with Gasteiger partial charge in [-0.15, -0.1) is 0 Å². The van der Waals surface area contributed by atoms with Crippen molar-refractivity contribution < 1.29 is 19.8 Å². The molecule has 0 aliphatic heterocycles. The van der Waals surface area contributed by atoms with Gasteiger partial charge in [0.1, 0.15) is 0 Å². The minimum atomic E-state index is -1.98. The summed E-state index contributed by atoms with van der Waals surface area (Å²) in [5.74, 6) is -2.67. The van der Waals surface area contributed by atoms with E-state index in [4.69, 9.17) is 0 Å². The Labute approximate surface area is 307 Å². The van der Waals surface area contributed by atoms with Crippen LogP contribution >= 0.6 is 0 Å². The van der Waals surface area contributed by atoms with Gasteiger partial charge in [0.25, 0.3) is 0 Å². The second-order valence-corrected chi connectivity index (χ2v) is 25.3. The average Bonchev–Trinajstić information content (AvgIpc) is 3.18. The van der Waals surface area contributed by atoms with E-state index in [9.17, 15) is 19.8 Å². The van der Waals surface area contributed by atoms with Crippen molar-refractivity contribution in [2.45, 2.75) is 0 Å². The molecule has 0 N–H and O–H groups in total. The molecule has 242 valence electrons. The van der Waals surface area contributed by atoms with E-state index in [1.54, 1.807) is 0 Å². The Bertz CT molecular complexity index is 1690. The molecule has 7 rings (SSSR count). The third-order valence-electron chi connectivity index (χ3n) is 7.73. The minimum absolute atomic E-state index is 0.0556. The molecule has 0 amide bonds. The van der Waals surface area contributed by atoms with Gasteiger partial charge in [0, 0.05) is 0 Å². The van der Waals surface area contributed by atoms with Gasteiger partial charge in [-0.3, -0.25) is 0 Å². The van der Waals surface area contributed by atoms with Crippen LogP contribution in [0, 0.1) is 0 Å². The van der Waals surface area contributed by atoms with Crippen LogP contribution in [-0.4, -0.2) is 51.5 Å². The summed E-state index contributed by atoms with van der Waals surface area (Å²) in [6.07, 6.45) is 0. The van der Waals surface area contributed by atoms with Crippen molar-refractivity contribution in [2.75, 3.05) is 0 Å². The first-order valence-corrected chi connectivity index (χ1v) is 24.7. The number of carboxylic acid groups (broad SMARTS) is 2. The molecule has 0 aliphatic carbocycles. The van der Waals surface area contributed by atoms with Crippen LogP contribution in [0.1, 0.15) is 20.7 Å². The third kappa shape index (κ3) is 10.5. The SMILES string of the molecule is O=C([O-])c1ccc(C(=O)[O-])cc1.c1cc[c]([Sn+]([c]2ccccc2)[c]2ccccc2)cc1.c1cc[c]([Sn+]([c]2ccccc2)[c]2ccccc2)cc1. The Balaban J connectivity index is 0.000000150. The molecule has 0 saturated carbocycles. The Morgan fingerprint density at radius 2 is 0.440 bits per heavy atom. The number of hydrogen-bond donors (Lipinski definition) is 0. The van der Waals surface area contributed by atoms with Crippen molar-refractivity contribution in [2.24, 2.45) is 0 Å². The van der Waals surface area contributed by atoms with Crippen LogP contribution in [-0.2, 0) is 0 Å². The Morgan fingerprint density at radius 1 is 0.280 bits per heavy atom. The Kier molecular flexibility index (Phi) is 14.0. The quantitative estimate of drug-likeness (QED) is 0.221. The summed E-state index contributed by atoms with van der Waals surface area (Å²) in [5, 5.41) is 20.4.